The molecule has 0 bridgehead atoms. The molecule has 0 unspecified atom stereocenters. The number of hydrogen-bond donors (Lipinski definition) is 8. The molecule has 0 radical (unpaired) electrons. The molecule has 3 aliphatic heterocycles. The summed E-state index contributed by atoms with van der Waals surface area (Å²) in [5.74, 6) is 0.596. The Hall–Kier alpha value is -1.27. The number of esters is 1. The van der Waals surface area contributed by atoms with Gasteiger partial charge in [-0.3, -0.25) is 0 Å². The van der Waals surface area contributed by atoms with Crippen LogP contribution in [0.1, 0.15) is 71.6 Å². The van der Waals surface area contributed by atoms with Gasteiger partial charge in [-0.2, -0.15) is 0 Å². The SMILES string of the molecule is C[C@]12CC[C@H](O[C@H]3O[C@@H](CO)[C@H](O)[C@@H](O)[C@H]3O[C@H]3O[C@H](CO)[C@H](O)[C@@H](O)[C@@H]3O)C[C@@H]1CC[C@@H]1[C@@H]2CC[C@]2(C)[C@@H](C3=CC(=O)OC3)CC[C@]12O. The third kappa shape index (κ3) is 5.73. The van der Waals surface area contributed by atoms with Gasteiger partial charge < -0.3 is 64.5 Å². The average molecular weight is 699 g/mol. The number of hydrogen-bond acceptors (Lipinski definition) is 14. The van der Waals surface area contributed by atoms with E-state index < -0.39 is 80.2 Å². The van der Waals surface area contributed by atoms with Crippen molar-refractivity contribution in [3.8, 4) is 0 Å². The second-order valence-corrected chi connectivity index (χ2v) is 16.3. The highest BCUT2D eigenvalue weighted by atomic mass is 16.8. The maximum absolute atomic E-state index is 12.5. The van der Waals surface area contributed by atoms with E-state index in [1.54, 1.807) is 6.08 Å². The summed E-state index contributed by atoms with van der Waals surface area (Å²) in [5.41, 5.74) is -0.165. The summed E-state index contributed by atoms with van der Waals surface area (Å²) in [7, 11) is 0. The lowest BCUT2D eigenvalue weighted by atomic mass is 9.43. The van der Waals surface area contributed by atoms with E-state index in [1.165, 1.54) is 0 Å². The molecule has 7 rings (SSSR count). The second kappa shape index (κ2) is 13.3. The van der Waals surface area contributed by atoms with Crippen molar-refractivity contribution in [2.75, 3.05) is 19.8 Å². The lowest BCUT2D eigenvalue weighted by Crippen LogP contribution is -2.65. The molecule has 0 spiro atoms. The van der Waals surface area contributed by atoms with Crippen LogP contribution in [-0.4, -0.2) is 140 Å². The van der Waals surface area contributed by atoms with Crippen LogP contribution in [0.25, 0.3) is 0 Å². The zero-order chi connectivity index (χ0) is 35.0. The standard InChI is InChI=1S/C35H54O14/c1-33-8-5-18(46-32-30(28(42)26(40)23(14-37)48-32)49-31-29(43)27(41)25(39)22(13-36)47-31)12-17(33)3-4-21-20(33)6-9-34(2)19(7-10-35(21,34)44)16-11-24(38)45-15-16/h11,17-23,25-32,36-37,39-44H,3-10,12-15H2,1-2H3/t17-,18-,19+,20-,21+,22+,23-,25-,26-,27+,28+,29-,30+,31+,32-,33-,34+,35-/m0/s1. The van der Waals surface area contributed by atoms with Gasteiger partial charge in [0.15, 0.2) is 12.6 Å². The number of carbonyl (C=O) groups is 1. The van der Waals surface area contributed by atoms with Crippen LogP contribution >= 0.6 is 0 Å². The Labute approximate surface area is 285 Å². The fourth-order valence-electron chi connectivity index (χ4n) is 11.3. The predicted octanol–water partition coefficient (Wildman–Crippen LogP) is -0.747. The van der Waals surface area contributed by atoms with E-state index in [4.69, 9.17) is 23.7 Å². The van der Waals surface area contributed by atoms with Gasteiger partial charge in [-0.05, 0) is 92.4 Å². The van der Waals surface area contributed by atoms with Crippen LogP contribution in [0.3, 0.4) is 0 Å². The fourth-order valence-corrected chi connectivity index (χ4v) is 11.3. The summed E-state index contributed by atoms with van der Waals surface area (Å²) in [6.07, 6.45) is -6.20. The zero-order valence-corrected chi connectivity index (χ0v) is 28.3. The van der Waals surface area contributed by atoms with Crippen molar-refractivity contribution in [3.05, 3.63) is 11.6 Å². The van der Waals surface area contributed by atoms with Crippen molar-refractivity contribution in [2.45, 2.75) is 145 Å². The highest BCUT2D eigenvalue weighted by Crippen LogP contribution is 2.70. The van der Waals surface area contributed by atoms with Crippen LogP contribution in [0.2, 0.25) is 0 Å². The Morgan fingerprint density at radius 2 is 1.47 bits per heavy atom. The number of aliphatic hydroxyl groups is 8. The van der Waals surface area contributed by atoms with Crippen LogP contribution in [-0.2, 0) is 28.5 Å². The van der Waals surface area contributed by atoms with Crippen molar-refractivity contribution >= 4 is 5.97 Å². The normalized spacial score (nSPS) is 54.4. The molecule has 4 aliphatic carbocycles. The van der Waals surface area contributed by atoms with Gasteiger partial charge in [-0.15, -0.1) is 0 Å². The highest BCUT2D eigenvalue weighted by molar-refractivity contribution is 5.85. The van der Waals surface area contributed by atoms with E-state index in [2.05, 4.69) is 13.8 Å². The summed E-state index contributed by atoms with van der Waals surface area (Å²) in [4.78, 5) is 11.9. The van der Waals surface area contributed by atoms with E-state index in [1.807, 2.05) is 0 Å². The molecule has 14 heteroatoms. The van der Waals surface area contributed by atoms with E-state index in [0.717, 1.165) is 44.1 Å². The molecule has 0 aromatic rings. The fraction of sp³-hybridized carbons (Fsp3) is 0.914. The number of carbonyl (C=O) groups excluding carboxylic acids is 1. The molecule has 2 saturated heterocycles. The molecule has 0 aromatic carbocycles. The van der Waals surface area contributed by atoms with Crippen LogP contribution < -0.4 is 0 Å². The zero-order valence-electron chi connectivity index (χ0n) is 28.3. The molecule has 278 valence electrons. The molecule has 14 nitrogen and oxygen atoms in total. The summed E-state index contributed by atoms with van der Waals surface area (Å²) in [6, 6.07) is 0. The molecule has 6 fully saturated rings. The molecule has 0 aromatic heterocycles. The number of fused-ring (bicyclic) bond motifs is 5. The lowest BCUT2D eigenvalue weighted by Gasteiger charge is -2.64. The monoisotopic (exact) mass is 698 g/mol. The molecule has 0 amide bonds. The molecule has 18 atom stereocenters. The second-order valence-electron chi connectivity index (χ2n) is 16.3. The molecule has 8 N–H and O–H groups in total. The van der Waals surface area contributed by atoms with Gasteiger partial charge in [-0.1, -0.05) is 13.8 Å². The Balaban J connectivity index is 1.05. The van der Waals surface area contributed by atoms with Gasteiger partial charge in [0.2, 0.25) is 0 Å². The van der Waals surface area contributed by atoms with Crippen molar-refractivity contribution in [3.63, 3.8) is 0 Å². The van der Waals surface area contributed by atoms with E-state index >= 15 is 0 Å². The lowest BCUT2D eigenvalue weighted by molar-refractivity contribution is -0.373. The van der Waals surface area contributed by atoms with Gasteiger partial charge in [-0.25, -0.2) is 4.79 Å². The van der Waals surface area contributed by atoms with Crippen molar-refractivity contribution in [2.24, 2.45) is 34.5 Å². The Morgan fingerprint density at radius 3 is 2.14 bits per heavy atom. The topological polar surface area (TPSA) is 225 Å². The number of cyclic esters (lactones) is 1. The summed E-state index contributed by atoms with van der Waals surface area (Å²) < 4.78 is 29.0. The first-order chi connectivity index (χ1) is 23.3. The third-order valence-electron chi connectivity index (χ3n) is 14.2. The maximum Gasteiger partial charge on any atom is 0.331 e. The van der Waals surface area contributed by atoms with Gasteiger partial charge in [0, 0.05) is 11.5 Å². The minimum Gasteiger partial charge on any atom is -0.458 e. The van der Waals surface area contributed by atoms with E-state index in [9.17, 15) is 45.6 Å². The molecule has 4 saturated carbocycles. The Bertz CT molecular complexity index is 1260. The minimum atomic E-state index is -1.74. The number of aliphatic hydroxyl groups excluding tert-OH is 7. The van der Waals surface area contributed by atoms with Gasteiger partial charge >= 0.3 is 5.97 Å². The van der Waals surface area contributed by atoms with Crippen LogP contribution in [0.4, 0.5) is 0 Å². The van der Waals surface area contributed by atoms with Crippen LogP contribution in [0.5, 0.6) is 0 Å². The molecular formula is C35H54O14. The molecule has 3 heterocycles. The highest BCUT2D eigenvalue weighted by Gasteiger charge is 2.68. The maximum atomic E-state index is 12.5. The first-order valence-electron chi connectivity index (χ1n) is 18.1. The van der Waals surface area contributed by atoms with Crippen molar-refractivity contribution in [1.29, 1.82) is 0 Å². The molecule has 49 heavy (non-hydrogen) atoms. The van der Waals surface area contributed by atoms with Crippen LogP contribution in [0.15, 0.2) is 11.6 Å². The van der Waals surface area contributed by atoms with Gasteiger partial charge in [0.1, 0.15) is 55.4 Å². The number of rotatable bonds is 7. The minimum absolute atomic E-state index is 0.0351. The third-order valence-corrected chi connectivity index (χ3v) is 14.2. The van der Waals surface area contributed by atoms with Gasteiger partial charge in [0.05, 0.1) is 24.9 Å². The van der Waals surface area contributed by atoms with Crippen molar-refractivity contribution < 1.29 is 69.3 Å². The summed E-state index contributed by atoms with van der Waals surface area (Å²) >= 11 is 0. The average Bonchev–Trinajstić information content (AvgIpc) is 3.63. The molecule has 7 aliphatic rings. The Kier molecular flexibility index (Phi) is 9.80. The first kappa shape index (κ1) is 36.1. The largest absolute Gasteiger partial charge is 0.458 e. The smallest absolute Gasteiger partial charge is 0.331 e. The quantitative estimate of drug-likeness (QED) is 0.121. The van der Waals surface area contributed by atoms with E-state index in [0.29, 0.717) is 37.7 Å². The van der Waals surface area contributed by atoms with Crippen molar-refractivity contribution in [1.82, 2.24) is 0 Å². The molecular weight excluding hydrogens is 644 g/mol. The summed E-state index contributed by atoms with van der Waals surface area (Å²) in [5, 5.41) is 84.8. The van der Waals surface area contributed by atoms with Crippen LogP contribution in [0, 0.1) is 34.5 Å². The first-order valence-corrected chi connectivity index (χ1v) is 18.1. The predicted molar refractivity (Wildman–Crippen MR) is 167 cm³/mol. The van der Waals surface area contributed by atoms with E-state index in [-0.39, 0.29) is 34.7 Å². The summed E-state index contributed by atoms with van der Waals surface area (Å²) in [6.45, 7) is 3.61. The Morgan fingerprint density at radius 1 is 0.776 bits per heavy atom. The van der Waals surface area contributed by atoms with Gasteiger partial charge in [0.25, 0.3) is 0 Å². The number of ether oxygens (including phenoxy) is 5.